The largest absolute Gasteiger partial charge is 0.271 e. The number of hydrogen-bond donors (Lipinski definition) is 0. The topological polar surface area (TPSA) is 17.8 Å². The van der Waals surface area contributed by atoms with E-state index < -0.39 is 6.04 Å². The highest BCUT2D eigenvalue weighted by Gasteiger charge is 2.10. The van der Waals surface area contributed by atoms with Gasteiger partial charge in [-0.3, -0.25) is 4.68 Å². The quantitative estimate of drug-likeness (QED) is 0.766. The van der Waals surface area contributed by atoms with E-state index in [1.807, 2.05) is 6.92 Å². The highest BCUT2D eigenvalue weighted by atomic mass is 79.9. The Hall–Kier alpha value is -1.09. The SMILES string of the molecule is [2H]c1c([2H])c([2H])c(-c2nn(C)c(C)c2Br)c([2H])c1[2H]. The molecular weight excluding hydrogens is 240 g/mol. The number of benzene rings is 1. The second kappa shape index (κ2) is 3.58. The normalized spacial score (nSPS) is 15.5. The van der Waals surface area contributed by atoms with Gasteiger partial charge in [0.15, 0.2) is 0 Å². The summed E-state index contributed by atoms with van der Waals surface area (Å²) in [7, 11) is 1.74. The molecule has 3 heteroatoms. The van der Waals surface area contributed by atoms with Crippen LogP contribution in [0.2, 0.25) is 0 Å². The monoisotopic (exact) mass is 255 g/mol. The van der Waals surface area contributed by atoms with Crippen LogP contribution in [0.15, 0.2) is 34.7 Å². The van der Waals surface area contributed by atoms with E-state index in [-0.39, 0.29) is 29.7 Å². The van der Waals surface area contributed by atoms with Gasteiger partial charge in [0.05, 0.1) is 11.3 Å². The third-order valence-corrected chi connectivity index (χ3v) is 2.95. The average molecular weight is 256 g/mol. The number of aromatic nitrogens is 2. The minimum absolute atomic E-state index is 0.113. The van der Waals surface area contributed by atoms with Crippen LogP contribution in [0.3, 0.4) is 0 Å². The lowest BCUT2D eigenvalue weighted by molar-refractivity contribution is 0.742. The van der Waals surface area contributed by atoms with E-state index >= 15 is 0 Å². The summed E-state index contributed by atoms with van der Waals surface area (Å²) < 4.78 is 40.9. The molecule has 0 spiro atoms. The predicted octanol–water partition coefficient (Wildman–Crippen LogP) is 3.16. The first-order valence-corrected chi connectivity index (χ1v) is 4.83. The zero-order chi connectivity index (χ0) is 14.5. The fourth-order valence-electron chi connectivity index (χ4n) is 1.11. The lowest BCUT2D eigenvalue weighted by atomic mass is 10.1. The van der Waals surface area contributed by atoms with E-state index in [1.165, 1.54) is 0 Å². The summed E-state index contributed by atoms with van der Waals surface area (Å²) in [5, 5.41) is 4.22. The number of rotatable bonds is 1. The minimum Gasteiger partial charge on any atom is -0.271 e. The predicted molar refractivity (Wildman–Crippen MR) is 61.1 cm³/mol. The van der Waals surface area contributed by atoms with E-state index in [0.29, 0.717) is 10.2 Å². The molecule has 0 N–H and O–H groups in total. The van der Waals surface area contributed by atoms with Crippen molar-refractivity contribution in [3.8, 4) is 11.3 Å². The number of aryl methyl sites for hydroxylation is 1. The first-order chi connectivity index (χ1) is 8.77. The Labute approximate surface area is 98.7 Å². The molecule has 14 heavy (non-hydrogen) atoms. The lowest BCUT2D eigenvalue weighted by Gasteiger charge is -1.95. The molecule has 0 aliphatic rings. The molecule has 0 unspecified atom stereocenters. The summed E-state index contributed by atoms with van der Waals surface area (Å²) >= 11 is 3.35. The van der Waals surface area contributed by atoms with Crippen LogP contribution in [-0.4, -0.2) is 9.78 Å². The van der Waals surface area contributed by atoms with Gasteiger partial charge in [0, 0.05) is 18.3 Å². The molecule has 72 valence electrons. The maximum atomic E-state index is 7.91. The second-order valence-corrected chi connectivity index (χ2v) is 3.66. The Morgan fingerprint density at radius 1 is 1.36 bits per heavy atom. The third-order valence-electron chi connectivity index (χ3n) is 2.00. The zero-order valence-corrected chi connectivity index (χ0v) is 9.36. The summed E-state index contributed by atoms with van der Waals surface area (Å²) in [4.78, 5) is 0. The van der Waals surface area contributed by atoms with Crippen LogP contribution in [0.4, 0.5) is 0 Å². The smallest absolute Gasteiger partial charge is 0.107 e. The van der Waals surface area contributed by atoms with Gasteiger partial charge < -0.3 is 0 Å². The van der Waals surface area contributed by atoms with Crippen LogP contribution in [0.5, 0.6) is 0 Å². The summed E-state index contributed by atoms with van der Waals surface area (Å²) in [6, 6.07) is -1.60. The molecule has 1 aromatic heterocycles. The average Bonchev–Trinajstić information content (AvgIpc) is 2.62. The fourth-order valence-corrected chi connectivity index (χ4v) is 1.64. The lowest BCUT2D eigenvalue weighted by Crippen LogP contribution is -1.92. The van der Waals surface area contributed by atoms with Gasteiger partial charge in [-0.15, -0.1) is 0 Å². The van der Waals surface area contributed by atoms with E-state index in [4.69, 9.17) is 6.85 Å². The van der Waals surface area contributed by atoms with Crippen molar-refractivity contribution in [3.63, 3.8) is 0 Å². The molecule has 0 aliphatic heterocycles. The van der Waals surface area contributed by atoms with Crippen molar-refractivity contribution >= 4 is 15.9 Å². The molecule has 0 radical (unpaired) electrons. The van der Waals surface area contributed by atoms with Crippen LogP contribution < -0.4 is 0 Å². The molecular formula is C11H11BrN2. The molecule has 1 heterocycles. The van der Waals surface area contributed by atoms with Crippen LogP contribution in [0.1, 0.15) is 12.5 Å². The van der Waals surface area contributed by atoms with Gasteiger partial charge >= 0.3 is 0 Å². The van der Waals surface area contributed by atoms with E-state index in [1.54, 1.807) is 11.7 Å². The van der Waals surface area contributed by atoms with Crippen LogP contribution in [-0.2, 0) is 7.05 Å². The molecule has 2 aromatic rings. The highest BCUT2D eigenvalue weighted by molar-refractivity contribution is 9.10. The molecule has 0 fully saturated rings. The summed E-state index contributed by atoms with van der Waals surface area (Å²) in [6.45, 7) is 1.83. The minimum atomic E-state index is -0.400. The standard InChI is InChI=1S/C11H11BrN2/c1-8-10(12)11(13-14(8)2)9-6-4-3-5-7-9/h3-7H,1-2H3/i3D,4D,5D,6D,7D. The van der Waals surface area contributed by atoms with Crippen molar-refractivity contribution in [2.45, 2.75) is 6.92 Å². The van der Waals surface area contributed by atoms with Gasteiger partial charge in [-0.1, -0.05) is 30.2 Å². The van der Waals surface area contributed by atoms with Gasteiger partial charge in [0.25, 0.3) is 0 Å². The summed E-state index contributed by atoms with van der Waals surface area (Å²) in [5.74, 6) is 0. The molecule has 0 atom stereocenters. The second-order valence-electron chi connectivity index (χ2n) is 2.87. The maximum Gasteiger partial charge on any atom is 0.107 e. The fraction of sp³-hybridized carbons (Fsp3) is 0.182. The molecule has 0 saturated heterocycles. The zero-order valence-electron chi connectivity index (χ0n) is 12.8. The number of hydrogen-bond acceptors (Lipinski definition) is 1. The Balaban J connectivity index is 2.87. The van der Waals surface area contributed by atoms with Gasteiger partial charge in [0.1, 0.15) is 5.69 Å². The van der Waals surface area contributed by atoms with E-state index in [2.05, 4.69) is 21.0 Å². The van der Waals surface area contributed by atoms with Crippen molar-refractivity contribution in [2.75, 3.05) is 0 Å². The Kier molecular flexibility index (Phi) is 1.31. The van der Waals surface area contributed by atoms with Crippen molar-refractivity contribution < 1.29 is 6.85 Å². The van der Waals surface area contributed by atoms with E-state index in [9.17, 15) is 0 Å². The molecule has 2 rings (SSSR count). The van der Waals surface area contributed by atoms with Crippen molar-refractivity contribution in [1.82, 2.24) is 9.78 Å². The Morgan fingerprint density at radius 2 is 2.00 bits per heavy atom. The van der Waals surface area contributed by atoms with Crippen LogP contribution in [0.25, 0.3) is 11.3 Å². The van der Waals surface area contributed by atoms with Gasteiger partial charge in [-0.05, 0) is 22.9 Å². The summed E-state index contributed by atoms with van der Waals surface area (Å²) in [6.07, 6.45) is 0. The summed E-state index contributed by atoms with van der Waals surface area (Å²) in [5.41, 5.74) is 1.29. The van der Waals surface area contributed by atoms with Crippen LogP contribution in [0, 0.1) is 6.92 Å². The molecule has 0 bridgehead atoms. The van der Waals surface area contributed by atoms with Gasteiger partial charge in [-0.25, -0.2) is 0 Å². The van der Waals surface area contributed by atoms with Crippen molar-refractivity contribution in [1.29, 1.82) is 0 Å². The Bertz CT molecular complexity index is 651. The maximum absolute atomic E-state index is 7.91. The first kappa shape index (κ1) is 5.12. The van der Waals surface area contributed by atoms with Gasteiger partial charge in [0.2, 0.25) is 0 Å². The van der Waals surface area contributed by atoms with Crippen molar-refractivity contribution in [2.24, 2.45) is 7.05 Å². The number of nitrogens with zero attached hydrogens (tertiary/aromatic N) is 2. The Morgan fingerprint density at radius 3 is 2.50 bits per heavy atom. The molecule has 0 amide bonds. The number of halogens is 1. The van der Waals surface area contributed by atoms with Gasteiger partial charge in [-0.2, -0.15) is 5.10 Å². The van der Waals surface area contributed by atoms with E-state index in [0.717, 1.165) is 5.69 Å². The first-order valence-electron chi connectivity index (χ1n) is 6.53. The molecule has 2 nitrogen and oxygen atoms in total. The molecule has 0 saturated carbocycles. The van der Waals surface area contributed by atoms with Crippen molar-refractivity contribution in [3.05, 3.63) is 40.4 Å². The van der Waals surface area contributed by atoms with Crippen LogP contribution >= 0.6 is 15.9 Å². The molecule has 0 aliphatic carbocycles. The third kappa shape index (κ3) is 1.48. The highest BCUT2D eigenvalue weighted by Crippen LogP contribution is 2.29. The molecule has 1 aromatic carbocycles.